The molecule has 2 aromatic rings. The average Bonchev–Trinajstić information content (AvgIpc) is 3.17. The molecule has 1 fully saturated rings. The molecule has 3 rings (SSSR count). The zero-order valence-electron chi connectivity index (χ0n) is 14.6. The summed E-state index contributed by atoms with van der Waals surface area (Å²) in [4.78, 5) is 15.7. The first-order valence-corrected chi connectivity index (χ1v) is 9.26. The Kier molecular flexibility index (Phi) is 5.05. The Morgan fingerprint density at radius 2 is 1.79 bits per heavy atom. The number of nitrogens with one attached hydrogen (secondary N) is 1. The van der Waals surface area contributed by atoms with E-state index in [0.717, 1.165) is 23.8 Å². The maximum Gasteiger partial charge on any atom is 0.250 e. The first-order valence-electron chi connectivity index (χ1n) is 8.44. The van der Waals surface area contributed by atoms with Gasteiger partial charge in [0.25, 0.3) is 5.91 Å². The van der Waals surface area contributed by atoms with Crippen molar-refractivity contribution in [1.82, 2.24) is 4.90 Å². The van der Waals surface area contributed by atoms with E-state index in [1.54, 1.807) is 17.4 Å². The van der Waals surface area contributed by atoms with Gasteiger partial charge in [0.1, 0.15) is 0 Å². The van der Waals surface area contributed by atoms with Gasteiger partial charge in [-0.1, -0.05) is 29.3 Å². The molecule has 1 aromatic heterocycles. The van der Waals surface area contributed by atoms with Crippen molar-refractivity contribution in [2.45, 2.75) is 33.6 Å². The van der Waals surface area contributed by atoms with E-state index in [1.807, 2.05) is 13.0 Å². The number of rotatable bonds is 4. The zero-order chi connectivity index (χ0) is 17.1. The summed E-state index contributed by atoms with van der Waals surface area (Å²) in [7, 11) is 0. The molecule has 24 heavy (non-hydrogen) atoms. The molecule has 3 nitrogen and oxygen atoms in total. The Bertz CT molecular complexity index is 749. The summed E-state index contributed by atoms with van der Waals surface area (Å²) in [5, 5.41) is 3.88. The van der Waals surface area contributed by atoms with Gasteiger partial charge in [-0.15, -0.1) is 11.3 Å². The second-order valence-corrected chi connectivity index (χ2v) is 7.59. The summed E-state index contributed by atoms with van der Waals surface area (Å²) in [6, 6.07) is 10.6. The van der Waals surface area contributed by atoms with E-state index in [4.69, 9.17) is 0 Å². The SMILES string of the molecule is CC(=CC(=O)Nc1ccc(-c2cc(C)cc(C)c2)s1)N1CCCC1. The molecule has 0 radical (unpaired) electrons. The molecule has 0 atom stereocenters. The predicted octanol–water partition coefficient (Wildman–Crippen LogP) is 4.97. The smallest absolute Gasteiger partial charge is 0.250 e. The van der Waals surface area contributed by atoms with Gasteiger partial charge >= 0.3 is 0 Å². The van der Waals surface area contributed by atoms with Crippen LogP contribution in [0, 0.1) is 13.8 Å². The van der Waals surface area contributed by atoms with E-state index >= 15 is 0 Å². The number of carbonyl (C=O) groups excluding carboxylic acids is 1. The molecule has 2 heterocycles. The molecule has 4 heteroatoms. The molecule has 1 N–H and O–H groups in total. The maximum absolute atomic E-state index is 12.2. The molecule has 0 bridgehead atoms. The molecule has 0 saturated carbocycles. The number of amides is 1. The average molecular weight is 340 g/mol. The van der Waals surface area contributed by atoms with Crippen molar-refractivity contribution in [2.75, 3.05) is 18.4 Å². The number of carbonyl (C=O) groups is 1. The summed E-state index contributed by atoms with van der Waals surface area (Å²) in [6.45, 7) is 8.36. The maximum atomic E-state index is 12.2. The minimum absolute atomic E-state index is 0.0479. The fourth-order valence-electron chi connectivity index (χ4n) is 3.19. The third-order valence-electron chi connectivity index (χ3n) is 4.30. The van der Waals surface area contributed by atoms with Crippen LogP contribution in [0.15, 0.2) is 42.1 Å². The van der Waals surface area contributed by atoms with Crippen LogP contribution in [0.2, 0.25) is 0 Å². The van der Waals surface area contributed by atoms with Gasteiger partial charge in [-0.05, 0) is 51.3 Å². The Balaban J connectivity index is 1.69. The van der Waals surface area contributed by atoms with Gasteiger partial charge in [0.2, 0.25) is 0 Å². The van der Waals surface area contributed by atoms with Crippen LogP contribution in [0.5, 0.6) is 0 Å². The fourth-order valence-corrected chi connectivity index (χ4v) is 4.08. The van der Waals surface area contributed by atoms with E-state index in [1.165, 1.54) is 34.4 Å². The van der Waals surface area contributed by atoms with Gasteiger partial charge in [0.15, 0.2) is 0 Å². The highest BCUT2D eigenvalue weighted by Crippen LogP contribution is 2.32. The number of hydrogen-bond donors (Lipinski definition) is 1. The second kappa shape index (κ2) is 7.22. The number of aryl methyl sites for hydroxylation is 2. The molecule has 1 aliphatic heterocycles. The number of hydrogen-bond acceptors (Lipinski definition) is 3. The number of benzene rings is 1. The molecule has 0 spiro atoms. The van der Waals surface area contributed by atoms with Crippen LogP contribution in [-0.2, 0) is 4.79 Å². The van der Waals surface area contributed by atoms with Crippen molar-refractivity contribution in [2.24, 2.45) is 0 Å². The van der Waals surface area contributed by atoms with Crippen molar-refractivity contribution in [3.05, 3.63) is 53.2 Å². The van der Waals surface area contributed by atoms with Crippen molar-refractivity contribution in [1.29, 1.82) is 0 Å². The molecule has 1 amide bonds. The topological polar surface area (TPSA) is 32.3 Å². The van der Waals surface area contributed by atoms with Crippen LogP contribution in [-0.4, -0.2) is 23.9 Å². The first-order chi connectivity index (χ1) is 11.5. The lowest BCUT2D eigenvalue weighted by atomic mass is 10.1. The molecule has 1 saturated heterocycles. The highest BCUT2D eigenvalue weighted by Gasteiger charge is 2.13. The lowest BCUT2D eigenvalue weighted by Crippen LogP contribution is -2.19. The Hall–Kier alpha value is -2.07. The number of allylic oxidation sites excluding steroid dienone is 1. The quantitative estimate of drug-likeness (QED) is 0.797. The number of thiophene rings is 1. The Morgan fingerprint density at radius 3 is 2.46 bits per heavy atom. The summed E-state index contributed by atoms with van der Waals surface area (Å²) >= 11 is 1.62. The Morgan fingerprint density at radius 1 is 1.12 bits per heavy atom. The standard InChI is InChI=1S/C20H24N2OS/c1-14-10-15(2)12-17(11-14)18-6-7-20(24-18)21-19(23)13-16(3)22-8-4-5-9-22/h6-7,10-13H,4-5,8-9H2,1-3H3,(H,21,23). The van der Waals surface area contributed by atoms with Gasteiger partial charge in [-0.2, -0.15) is 0 Å². The van der Waals surface area contributed by atoms with Crippen LogP contribution >= 0.6 is 11.3 Å². The van der Waals surface area contributed by atoms with Gasteiger partial charge in [0, 0.05) is 29.7 Å². The Labute approximate surface area is 148 Å². The molecule has 126 valence electrons. The van der Waals surface area contributed by atoms with Crippen molar-refractivity contribution in [3.63, 3.8) is 0 Å². The van der Waals surface area contributed by atoms with Gasteiger partial charge in [-0.3, -0.25) is 4.79 Å². The highest BCUT2D eigenvalue weighted by atomic mass is 32.1. The highest BCUT2D eigenvalue weighted by molar-refractivity contribution is 7.19. The largest absolute Gasteiger partial charge is 0.375 e. The van der Waals surface area contributed by atoms with Crippen LogP contribution < -0.4 is 5.32 Å². The normalized spacial score (nSPS) is 15.0. The number of nitrogens with zero attached hydrogens (tertiary/aromatic N) is 1. The van der Waals surface area contributed by atoms with Crippen LogP contribution in [0.3, 0.4) is 0 Å². The van der Waals surface area contributed by atoms with E-state index in [9.17, 15) is 4.79 Å². The first kappa shape index (κ1) is 16.8. The fraction of sp³-hybridized carbons (Fsp3) is 0.350. The molecule has 0 aliphatic carbocycles. The summed E-state index contributed by atoms with van der Waals surface area (Å²) < 4.78 is 0. The molecular weight excluding hydrogens is 316 g/mol. The van der Waals surface area contributed by atoms with Crippen LogP contribution in [0.25, 0.3) is 10.4 Å². The van der Waals surface area contributed by atoms with Crippen molar-refractivity contribution in [3.8, 4) is 10.4 Å². The lowest BCUT2D eigenvalue weighted by molar-refractivity contribution is -0.112. The number of anilines is 1. The summed E-state index contributed by atoms with van der Waals surface area (Å²) in [5.74, 6) is -0.0479. The monoisotopic (exact) mass is 340 g/mol. The third-order valence-corrected chi connectivity index (χ3v) is 5.35. The zero-order valence-corrected chi connectivity index (χ0v) is 15.4. The minimum atomic E-state index is -0.0479. The summed E-state index contributed by atoms with van der Waals surface area (Å²) in [6.07, 6.45) is 4.15. The molecule has 1 aromatic carbocycles. The van der Waals surface area contributed by atoms with E-state index in [0.29, 0.717) is 0 Å². The van der Waals surface area contributed by atoms with E-state index in [2.05, 4.69) is 48.3 Å². The molecule has 1 aliphatic rings. The molecule has 0 unspecified atom stereocenters. The summed E-state index contributed by atoms with van der Waals surface area (Å²) in [5.41, 5.74) is 4.78. The predicted molar refractivity (Wildman–Crippen MR) is 102 cm³/mol. The van der Waals surface area contributed by atoms with E-state index in [-0.39, 0.29) is 5.91 Å². The number of likely N-dealkylation sites (tertiary alicyclic amines) is 1. The minimum Gasteiger partial charge on any atom is -0.375 e. The van der Waals surface area contributed by atoms with E-state index < -0.39 is 0 Å². The van der Waals surface area contributed by atoms with Crippen LogP contribution in [0.4, 0.5) is 5.00 Å². The van der Waals surface area contributed by atoms with Gasteiger partial charge in [-0.25, -0.2) is 0 Å². The molecular formula is C20H24N2OS. The van der Waals surface area contributed by atoms with Gasteiger partial charge < -0.3 is 10.2 Å². The van der Waals surface area contributed by atoms with Crippen LogP contribution in [0.1, 0.15) is 30.9 Å². The van der Waals surface area contributed by atoms with Gasteiger partial charge in [0.05, 0.1) is 5.00 Å². The van der Waals surface area contributed by atoms with Crippen molar-refractivity contribution >= 4 is 22.2 Å². The second-order valence-electron chi connectivity index (χ2n) is 6.51. The third kappa shape index (κ3) is 4.06. The van der Waals surface area contributed by atoms with Crippen molar-refractivity contribution < 1.29 is 4.79 Å². The lowest BCUT2D eigenvalue weighted by Gasteiger charge is -2.17.